The third-order valence-electron chi connectivity index (χ3n) is 1.71. The van der Waals surface area contributed by atoms with E-state index in [9.17, 15) is 10.1 Å². The minimum Gasteiger partial charge on any atom is -0.258 e. The number of anilines is 1. The van der Waals surface area contributed by atoms with Crippen LogP contribution in [0.2, 0.25) is 0 Å². The Kier molecular flexibility index (Phi) is 2.28. The Morgan fingerprint density at radius 3 is 2.93 bits per heavy atom. The number of rotatable bonds is 3. The van der Waals surface area contributed by atoms with Crippen molar-refractivity contribution in [3.05, 3.63) is 46.9 Å². The Balaban J connectivity index is 2.32. The van der Waals surface area contributed by atoms with E-state index in [0.29, 0.717) is 0 Å². The summed E-state index contributed by atoms with van der Waals surface area (Å²) in [6, 6.07) is 4.58. The Morgan fingerprint density at radius 2 is 2.27 bits per heavy atom. The molecule has 1 N–H and O–H groups in total. The molecule has 0 atom stereocenters. The van der Waals surface area contributed by atoms with Crippen LogP contribution in [-0.2, 0) is 0 Å². The number of nitro groups is 1. The molecule has 0 aliphatic rings. The zero-order chi connectivity index (χ0) is 10.7. The lowest BCUT2D eigenvalue weighted by Crippen LogP contribution is -2.11. The number of hydrogen-bond donors (Lipinski definition) is 1. The molecule has 76 valence electrons. The standard InChI is InChI=1S/C8H7N5O2/c14-13(15)7-3-1-4-9-8(7)11-12-6-2-5-10-12/h1-6H,(H,9,11). The second-order valence-corrected chi connectivity index (χ2v) is 2.69. The first kappa shape index (κ1) is 9.13. The van der Waals surface area contributed by atoms with Crippen molar-refractivity contribution in [3.63, 3.8) is 0 Å². The Labute approximate surface area is 84.5 Å². The van der Waals surface area contributed by atoms with Gasteiger partial charge in [0.05, 0.1) is 11.1 Å². The summed E-state index contributed by atoms with van der Waals surface area (Å²) in [5.41, 5.74) is 2.60. The lowest BCUT2D eigenvalue weighted by atomic mass is 10.4. The van der Waals surface area contributed by atoms with Crippen LogP contribution in [-0.4, -0.2) is 19.8 Å². The molecule has 0 bridgehead atoms. The molecule has 7 nitrogen and oxygen atoms in total. The Morgan fingerprint density at radius 1 is 1.40 bits per heavy atom. The molecule has 0 amide bonds. The van der Waals surface area contributed by atoms with E-state index in [4.69, 9.17) is 0 Å². The van der Waals surface area contributed by atoms with Gasteiger partial charge in [-0.3, -0.25) is 15.5 Å². The zero-order valence-electron chi connectivity index (χ0n) is 7.57. The van der Waals surface area contributed by atoms with Crippen molar-refractivity contribution in [2.45, 2.75) is 0 Å². The molecule has 0 fully saturated rings. The maximum Gasteiger partial charge on any atom is 0.313 e. The molecule has 7 heteroatoms. The smallest absolute Gasteiger partial charge is 0.258 e. The molecule has 0 spiro atoms. The largest absolute Gasteiger partial charge is 0.313 e. The molecule has 0 aliphatic heterocycles. The molecular formula is C8H7N5O2. The van der Waals surface area contributed by atoms with Gasteiger partial charge in [-0.05, 0) is 12.1 Å². The second kappa shape index (κ2) is 3.74. The highest BCUT2D eigenvalue weighted by Gasteiger charge is 2.13. The summed E-state index contributed by atoms with van der Waals surface area (Å²) >= 11 is 0. The van der Waals surface area contributed by atoms with Crippen LogP contribution in [0.3, 0.4) is 0 Å². The van der Waals surface area contributed by atoms with Gasteiger partial charge < -0.3 is 0 Å². The average Bonchev–Trinajstić information content (AvgIpc) is 2.71. The lowest BCUT2D eigenvalue weighted by molar-refractivity contribution is -0.384. The number of nitrogens with one attached hydrogen (secondary N) is 1. The maximum absolute atomic E-state index is 10.6. The van der Waals surface area contributed by atoms with E-state index in [1.54, 1.807) is 18.5 Å². The fraction of sp³-hybridized carbons (Fsp3) is 0. The number of nitrogens with zero attached hydrogens (tertiary/aromatic N) is 4. The predicted octanol–water partition coefficient (Wildman–Crippen LogP) is 1.06. The molecule has 0 radical (unpaired) electrons. The van der Waals surface area contributed by atoms with Crippen LogP contribution >= 0.6 is 0 Å². The monoisotopic (exact) mass is 205 g/mol. The van der Waals surface area contributed by atoms with Crippen LogP contribution in [0.15, 0.2) is 36.8 Å². The van der Waals surface area contributed by atoms with Crippen molar-refractivity contribution >= 4 is 11.5 Å². The van der Waals surface area contributed by atoms with E-state index < -0.39 is 4.92 Å². The average molecular weight is 205 g/mol. The third kappa shape index (κ3) is 1.90. The summed E-state index contributed by atoms with van der Waals surface area (Å²) in [7, 11) is 0. The molecule has 0 aliphatic carbocycles. The van der Waals surface area contributed by atoms with Crippen molar-refractivity contribution in [2.24, 2.45) is 0 Å². The van der Waals surface area contributed by atoms with Crippen LogP contribution in [0.4, 0.5) is 11.5 Å². The Hall–Kier alpha value is -2.44. The summed E-state index contributed by atoms with van der Waals surface area (Å²) in [6.07, 6.45) is 4.65. The highest BCUT2D eigenvalue weighted by molar-refractivity contribution is 5.54. The van der Waals surface area contributed by atoms with Crippen molar-refractivity contribution in [1.29, 1.82) is 0 Å². The van der Waals surface area contributed by atoms with Gasteiger partial charge >= 0.3 is 5.69 Å². The zero-order valence-corrected chi connectivity index (χ0v) is 7.57. The summed E-state index contributed by atoms with van der Waals surface area (Å²) < 4.78 is 0. The first-order valence-corrected chi connectivity index (χ1v) is 4.13. The van der Waals surface area contributed by atoms with Crippen LogP contribution < -0.4 is 5.43 Å². The SMILES string of the molecule is O=[N+]([O-])c1cccnc1Nn1cccn1. The van der Waals surface area contributed by atoms with E-state index in [1.165, 1.54) is 23.1 Å². The van der Waals surface area contributed by atoms with E-state index in [1.807, 2.05) is 0 Å². The molecule has 0 unspecified atom stereocenters. The van der Waals surface area contributed by atoms with Gasteiger partial charge in [-0.15, -0.1) is 0 Å². The van der Waals surface area contributed by atoms with Gasteiger partial charge in [-0.2, -0.15) is 9.89 Å². The molecule has 2 aromatic heterocycles. The predicted molar refractivity (Wildman–Crippen MR) is 52.1 cm³/mol. The van der Waals surface area contributed by atoms with Crippen LogP contribution in [0, 0.1) is 10.1 Å². The molecule has 15 heavy (non-hydrogen) atoms. The number of aromatic nitrogens is 3. The molecule has 0 saturated carbocycles. The molecule has 2 aromatic rings. The van der Waals surface area contributed by atoms with Gasteiger partial charge in [0.2, 0.25) is 5.82 Å². The van der Waals surface area contributed by atoms with E-state index in [-0.39, 0.29) is 11.5 Å². The minimum absolute atomic E-state index is 0.0898. The number of hydrogen-bond acceptors (Lipinski definition) is 5. The van der Waals surface area contributed by atoms with E-state index >= 15 is 0 Å². The maximum atomic E-state index is 10.6. The summed E-state index contributed by atoms with van der Waals surface area (Å²) in [5.74, 6) is 0.159. The van der Waals surface area contributed by atoms with E-state index in [0.717, 1.165) is 0 Å². The molecule has 2 heterocycles. The van der Waals surface area contributed by atoms with Gasteiger partial charge in [0.1, 0.15) is 0 Å². The minimum atomic E-state index is -0.501. The first-order valence-electron chi connectivity index (χ1n) is 4.13. The van der Waals surface area contributed by atoms with Crippen molar-refractivity contribution in [2.75, 3.05) is 5.43 Å². The van der Waals surface area contributed by atoms with Gasteiger partial charge in [0, 0.05) is 18.5 Å². The fourth-order valence-corrected chi connectivity index (χ4v) is 1.07. The van der Waals surface area contributed by atoms with Gasteiger partial charge in [0.15, 0.2) is 0 Å². The van der Waals surface area contributed by atoms with E-state index in [2.05, 4.69) is 15.5 Å². The van der Waals surface area contributed by atoms with Crippen molar-refractivity contribution < 1.29 is 4.92 Å². The number of pyridine rings is 1. The summed E-state index contributed by atoms with van der Waals surface area (Å²) in [6.45, 7) is 0. The molecular weight excluding hydrogens is 198 g/mol. The van der Waals surface area contributed by atoms with Crippen LogP contribution in [0.1, 0.15) is 0 Å². The molecule has 2 rings (SSSR count). The Bertz CT molecular complexity index is 468. The van der Waals surface area contributed by atoms with Crippen molar-refractivity contribution in [1.82, 2.24) is 14.9 Å². The normalized spacial score (nSPS) is 9.87. The first-order chi connectivity index (χ1) is 7.27. The highest BCUT2D eigenvalue weighted by atomic mass is 16.6. The molecule has 0 aromatic carbocycles. The molecule has 0 saturated heterocycles. The lowest BCUT2D eigenvalue weighted by Gasteiger charge is -2.04. The second-order valence-electron chi connectivity index (χ2n) is 2.69. The van der Waals surface area contributed by atoms with Crippen LogP contribution in [0.5, 0.6) is 0 Å². The highest BCUT2D eigenvalue weighted by Crippen LogP contribution is 2.19. The van der Waals surface area contributed by atoms with Crippen LogP contribution in [0.25, 0.3) is 0 Å². The van der Waals surface area contributed by atoms with Gasteiger partial charge in [-0.1, -0.05) is 0 Å². The van der Waals surface area contributed by atoms with Crippen molar-refractivity contribution in [3.8, 4) is 0 Å². The van der Waals surface area contributed by atoms with Gasteiger partial charge in [0.25, 0.3) is 0 Å². The third-order valence-corrected chi connectivity index (χ3v) is 1.71. The summed E-state index contributed by atoms with van der Waals surface area (Å²) in [4.78, 5) is 15.3. The quantitative estimate of drug-likeness (QED) is 0.598. The summed E-state index contributed by atoms with van der Waals surface area (Å²) in [5, 5.41) is 14.5. The fourth-order valence-electron chi connectivity index (χ4n) is 1.07. The topological polar surface area (TPSA) is 85.9 Å². The van der Waals surface area contributed by atoms with Gasteiger partial charge in [-0.25, -0.2) is 4.98 Å².